The fraction of sp³-hybridized carbons (Fsp3) is 0.533. The van der Waals surface area contributed by atoms with Crippen molar-refractivity contribution in [3.63, 3.8) is 0 Å². The summed E-state index contributed by atoms with van der Waals surface area (Å²) in [6.45, 7) is 6.02. The molecule has 0 amide bonds. The Labute approximate surface area is 134 Å². The zero-order valence-electron chi connectivity index (χ0n) is 13.3. The number of rotatable bonds is 5. The molecule has 0 aliphatic carbocycles. The number of carbonyl (C=O) groups is 1. The summed E-state index contributed by atoms with van der Waals surface area (Å²) in [7, 11) is 1.32. The van der Waals surface area contributed by atoms with E-state index in [0.29, 0.717) is 5.76 Å². The topological polar surface area (TPSA) is 82.6 Å². The highest BCUT2D eigenvalue weighted by Gasteiger charge is 2.19. The van der Waals surface area contributed by atoms with Crippen LogP contribution in [0.5, 0.6) is 0 Å². The molecule has 3 heterocycles. The molecule has 1 fully saturated rings. The lowest BCUT2D eigenvalue weighted by atomic mass is 10.2. The SMILES string of the molecule is COC(=O)c1ccc(C(C)n2cc(CN3CCOCC3)nn2)o1. The second-order valence-corrected chi connectivity index (χ2v) is 5.45. The van der Waals surface area contributed by atoms with Gasteiger partial charge in [0.2, 0.25) is 5.76 Å². The highest BCUT2D eigenvalue weighted by Crippen LogP contribution is 2.20. The smallest absolute Gasteiger partial charge is 0.373 e. The molecule has 3 rings (SSSR count). The van der Waals surface area contributed by atoms with Gasteiger partial charge in [-0.25, -0.2) is 9.48 Å². The fourth-order valence-electron chi connectivity index (χ4n) is 2.48. The number of aromatic nitrogens is 3. The van der Waals surface area contributed by atoms with Crippen molar-refractivity contribution in [2.75, 3.05) is 33.4 Å². The summed E-state index contributed by atoms with van der Waals surface area (Å²) in [6.07, 6.45) is 1.90. The van der Waals surface area contributed by atoms with Crippen LogP contribution in [0.15, 0.2) is 22.7 Å². The minimum atomic E-state index is -0.491. The Morgan fingerprint density at radius 2 is 2.17 bits per heavy atom. The molecule has 8 heteroatoms. The number of hydrogen-bond acceptors (Lipinski definition) is 7. The Morgan fingerprint density at radius 3 is 2.91 bits per heavy atom. The van der Waals surface area contributed by atoms with E-state index in [2.05, 4.69) is 19.9 Å². The fourth-order valence-corrected chi connectivity index (χ4v) is 2.48. The number of hydrogen-bond donors (Lipinski definition) is 0. The molecule has 1 atom stereocenters. The van der Waals surface area contributed by atoms with Gasteiger partial charge in [-0.15, -0.1) is 5.10 Å². The van der Waals surface area contributed by atoms with E-state index in [1.54, 1.807) is 16.8 Å². The maximum Gasteiger partial charge on any atom is 0.373 e. The first kappa shape index (κ1) is 15.7. The molecular weight excluding hydrogens is 300 g/mol. The highest BCUT2D eigenvalue weighted by molar-refractivity contribution is 5.86. The van der Waals surface area contributed by atoms with Gasteiger partial charge in [0.05, 0.1) is 32.2 Å². The minimum Gasteiger partial charge on any atom is -0.463 e. The first-order valence-corrected chi connectivity index (χ1v) is 7.56. The molecule has 1 aliphatic heterocycles. The molecule has 1 unspecified atom stereocenters. The van der Waals surface area contributed by atoms with Crippen LogP contribution in [0.3, 0.4) is 0 Å². The molecule has 0 spiro atoms. The van der Waals surface area contributed by atoms with Crippen LogP contribution >= 0.6 is 0 Å². The normalized spacial score (nSPS) is 17.1. The van der Waals surface area contributed by atoms with E-state index in [-0.39, 0.29) is 11.8 Å². The van der Waals surface area contributed by atoms with Gasteiger partial charge in [0.25, 0.3) is 0 Å². The summed E-state index contributed by atoms with van der Waals surface area (Å²) in [5.41, 5.74) is 0.901. The molecule has 0 saturated carbocycles. The molecule has 8 nitrogen and oxygen atoms in total. The molecule has 0 N–H and O–H groups in total. The van der Waals surface area contributed by atoms with E-state index < -0.39 is 5.97 Å². The van der Waals surface area contributed by atoms with Crippen LogP contribution in [-0.4, -0.2) is 59.3 Å². The van der Waals surface area contributed by atoms with Crippen molar-refractivity contribution < 1.29 is 18.7 Å². The summed E-state index contributed by atoms with van der Waals surface area (Å²) < 4.78 is 17.2. The van der Waals surface area contributed by atoms with E-state index in [0.717, 1.165) is 38.5 Å². The molecule has 23 heavy (non-hydrogen) atoms. The molecule has 0 radical (unpaired) electrons. The third-order valence-electron chi connectivity index (χ3n) is 3.87. The van der Waals surface area contributed by atoms with Gasteiger partial charge >= 0.3 is 5.97 Å². The van der Waals surface area contributed by atoms with E-state index in [1.807, 2.05) is 13.1 Å². The van der Waals surface area contributed by atoms with Gasteiger partial charge in [0.1, 0.15) is 11.8 Å². The van der Waals surface area contributed by atoms with Crippen molar-refractivity contribution in [2.24, 2.45) is 0 Å². The first-order valence-electron chi connectivity index (χ1n) is 7.56. The van der Waals surface area contributed by atoms with Crippen LogP contribution in [0.4, 0.5) is 0 Å². The van der Waals surface area contributed by atoms with Crippen molar-refractivity contribution in [3.8, 4) is 0 Å². The van der Waals surface area contributed by atoms with Crippen molar-refractivity contribution >= 4 is 5.97 Å². The molecule has 0 aromatic carbocycles. The van der Waals surface area contributed by atoms with Crippen LogP contribution in [0.1, 0.15) is 35.0 Å². The summed E-state index contributed by atoms with van der Waals surface area (Å²) in [4.78, 5) is 13.7. The van der Waals surface area contributed by atoms with Gasteiger partial charge in [-0.1, -0.05) is 5.21 Å². The standard InChI is InChI=1S/C15H20N4O4/c1-11(13-3-4-14(23-13)15(20)21-2)19-10-12(16-17-19)9-18-5-7-22-8-6-18/h3-4,10-11H,5-9H2,1-2H3. The van der Waals surface area contributed by atoms with Crippen molar-refractivity contribution in [1.29, 1.82) is 0 Å². The largest absolute Gasteiger partial charge is 0.463 e. The molecule has 124 valence electrons. The Kier molecular flexibility index (Phi) is 4.73. The molecule has 2 aromatic rings. The highest BCUT2D eigenvalue weighted by atomic mass is 16.5. The van der Waals surface area contributed by atoms with Crippen LogP contribution in [0, 0.1) is 0 Å². The zero-order chi connectivity index (χ0) is 16.2. The number of furan rings is 1. The molecular formula is C15H20N4O4. The predicted octanol–water partition coefficient (Wildman–Crippen LogP) is 1.10. The van der Waals surface area contributed by atoms with Crippen molar-refractivity contribution in [3.05, 3.63) is 35.5 Å². The number of methoxy groups -OCH3 is 1. The van der Waals surface area contributed by atoms with E-state index in [9.17, 15) is 4.79 Å². The average molecular weight is 320 g/mol. The van der Waals surface area contributed by atoms with Gasteiger partial charge in [-0.05, 0) is 19.1 Å². The Hall–Kier alpha value is -2.19. The third kappa shape index (κ3) is 3.59. The van der Waals surface area contributed by atoms with E-state index in [4.69, 9.17) is 9.15 Å². The number of esters is 1. The van der Waals surface area contributed by atoms with Gasteiger partial charge < -0.3 is 13.9 Å². The van der Waals surface area contributed by atoms with Crippen molar-refractivity contribution in [2.45, 2.75) is 19.5 Å². The lowest BCUT2D eigenvalue weighted by molar-refractivity contribution is 0.0336. The monoisotopic (exact) mass is 320 g/mol. The summed E-state index contributed by atoms with van der Waals surface area (Å²) in [5, 5.41) is 8.38. The number of nitrogens with zero attached hydrogens (tertiary/aromatic N) is 4. The Morgan fingerprint density at radius 1 is 1.39 bits per heavy atom. The molecule has 1 saturated heterocycles. The predicted molar refractivity (Wildman–Crippen MR) is 80.0 cm³/mol. The zero-order valence-corrected chi connectivity index (χ0v) is 13.3. The molecule has 0 bridgehead atoms. The number of carbonyl (C=O) groups excluding carboxylic acids is 1. The van der Waals surface area contributed by atoms with Crippen LogP contribution in [0.25, 0.3) is 0 Å². The maximum atomic E-state index is 11.4. The van der Waals surface area contributed by atoms with Crippen molar-refractivity contribution in [1.82, 2.24) is 19.9 Å². The molecule has 2 aromatic heterocycles. The van der Waals surface area contributed by atoms with Gasteiger partial charge in [-0.3, -0.25) is 4.90 Å². The summed E-state index contributed by atoms with van der Waals surface area (Å²) in [6, 6.07) is 3.20. The average Bonchev–Trinajstić information content (AvgIpc) is 3.24. The lowest BCUT2D eigenvalue weighted by Gasteiger charge is -2.25. The van der Waals surface area contributed by atoms with E-state index >= 15 is 0 Å². The van der Waals surface area contributed by atoms with Crippen LogP contribution < -0.4 is 0 Å². The maximum absolute atomic E-state index is 11.4. The second kappa shape index (κ2) is 6.93. The minimum absolute atomic E-state index is 0.153. The summed E-state index contributed by atoms with van der Waals surface area (Å²) in [5.74, 6) is 0.325. The first-order chi connectivity index (χ1) is 11.2. The second-order valence-electron chi connectivity index (χ2n) is 5.45. The van der Waals surface area contributed by atoms with Gasteiger partial charge in [0.15, 0.2) is 0 Å². The Balaban J connectivity index is 1.66. The van der Waals surface area contributed by atoms with Gasteiger partial charge in [-0.2, -0.15) is 0 Å². The quantitative estimate of drug-likeness (QED) is 0.763. The van der Waals surface area contributed by atoms with E-state index in [1.165, 1.54) is 7.11 Å². The summed E-state index contributed by atoms with van der Waals surface area (Å²) >= 11 is 0. The third-order valence-corrected chi connectivity index (χ3v) is 3.87. The molecule has 1 aliphatic rings. The number of morpholine rings is 1. The number of ether oxygens (including phenoxy) is 2. The lowest BCUT2D eigenvalue weighted by Crippen LogP contribution is -2.35. The Bertz CT molecular complexity index is 660. The van der Waals surface area contributed by atoms with Crippen LogP contribution in [-0.2, 0) is 16.0 Å². The van der Waals surface area contributed by atoms with Gasteiger partial charge in [0, 0.05) is 19.6 Å². The van der Waals surface area contributed by atoms with Crippen LogP contribution in [0.2, 0.25) is 0 Å².